The number of nitrogens with one attached hydrogen (secondary N) is 1. The Bertz CT molecular complexity index is 1100. The van der Waals surface area contributed by atoms with Crippen LogP contribution >= 0.6 is 0 Å². The lowest BCUT2D eigenvalue weighted by atomic mass is 9.88. The number of benzene rings is 1. The summed E-state index contributed by atoms with van der Waals surface area (Å²) >= 11 is 0. The fourth-order valence-electron chi connectivity index (χ4n) is 3.36. The van der Waals surface area contributed by atoms with E-state index in [0.29, 0.717) is 17.6 Å². The molecule has 4 aromatic rings. The lowest BCUT2D eigenvalue weighted by Crippen LogP contribution is -2.13. The molecule has 4 rings (SSSR count). The van der Waals surface area contributed by atoms with Gasteiger partial charge in [-0.3, -0.25) is 9.89 Å². The van der Waals surface area contributed by atoms with Gasteiger partial charge in [0.2, 0.25) is 0 Å². The zero-order valence-corrected chi connectivity index (χ0v) is 15.1. The minimum absolute atomic E-state index is 0.0243. The van der Waals surface area contributed by atoms with Crippen molar-refractivity contribution in [3.63, 3.8) is 0 Å². The largest absolute Gasteiger partial charge is 0.496 e. The zero-order valence-electron chi connectivity index (χ0n) is 15.1. The summed E-state index contributed by atoms with van der Waals surface area (Å²) in [4.78, 5) is 17.6. The van der Waals surface area contributed by atoms with Gasteiger partial charge in [-0.25, -0.2) is 9.50 Å². The average Bonchev–Trinajstić information content (AvgIpc) is 3.35. The molecule has 0 bridgehead atoms. The Morgan fingerprint density at radius 3 is 2.93 bits per heavy atom. The van der Waals surface area contributed by atoms with Crippen LogP contribution in [-0.2, 0) is 0 Å². The van der Waals surface area contributed by atoms with Gasteiger partial charge in [0.05, 0.1) is 36.7 Å². The molecule has 27 heavy (non-hydrogen) atoms. The molecule has 3 aromatic heterocycles. The van der Waals surface area contributed by atoms with Crippen molar-refractivity contribution in [3.8, 4) is 17.0 Å². The Balaban J connectivity index is 1.78. The number of para-hydroxylation sites is 1. The number of rotatable bonds is 6. The second kappa shape index (κ2) is 7.03. The van der Waals surface area contributed by atoms with Crippen LogP contribution in [0, 0.1) is 0 Å². The highest BCUT2D eigenvalue weighted by molar-refractivity contribution is 6.06. The van der Waals surface area contributed by atoms with Gasteiger partial charge in [-0.15, -0.1) is 0 Å². The van der Waals surface area contributed by atoms with Gasteiger partial charge < -0.3 is 4.74 Å². The van der Waals surface area contributed by atoms with Crippen LogP contribution in [0.5, 0.6) is 5.75 Å². The lowest BCUT2D eigenvalue weighted by Gasteiger charge is -2.15. The van der Waals surface area contributed by atoms with Crippen LogP contribution in [-0.4, -0.2) is 37.7 Å². The van der Waals surface area contributed by atoms with E-state index in [1.165, 1.54) is 0 Å². The number of carbonyl (C=O) groups excluding carboxylic acids is 1. The van der Waals surface area contributed by atoms with Crippen molar-refractivity contribution in [1.82, 2.24) is 24.8 Å². The Kier molecular flexibility index (Phi) is 4.42. The maximum atomic E-state index is 13.3. The lowest BCUT2D eigenvalue weighted by molar-refractivity contribution is 0.0959. The Morgan fingerprint density at radius 1 is 1.26 bits per heavy atom. The summed E-state index contributed by atoms with van der Waals surface area (Å²) in [6.45, 7) is 1.99. The molecular formula is C20H19N5O2. The first-order valence-corrected chi connectivity index (χ1v) is 8.73. The number of hydrogen-bond donors (Lipinski definition) is 1. The highest BCUT2D eigenvalue weighted by Gasteiger charge is 2.28. The molecule has 0 aliphatic carbocycles. The van der Waals surface area contributed by atoms with Crippen molar-refractivity contribution >= 4 is 11.4 Å². The third-order valence-corrected chi connectivity index (χ3v) is 4.69. The van der Waals surface area contributed by atoms with Crippen LogP contribution in [0.4, 0.5) is 0 Å². The molecule has 3 heterocycles. The van der Waals surface area contributed by atoms with Gasteiger partial charge >= 0.3 is 0 Å². The second-order valence-electron chi connectivity index (χ2n) is 6.17. The summed E-state index contributed by atoms with van der Waals surface area (Å²) in [5, 5.41) is 11.5. The van der Waals surface area contributed by atoms with Gasteiger partial charge in [0.25, 0.3) is 0 Å². The SMILES string of the molecule is CCC(C(=O)c1cnn2cccnc12)c1cn[nH]c1-c1ccccc1OC. The summed E-state index contributed by atoms with van der Waals surface area (Å²) in [5.41, 5.74) is 3.56. The molecule has 0 saturated heterocycles. The molecule has 0 aliphatic rings. The van der Waals surface area contributed by atoms with Crippen molar-refractivity contribution in [3.05, 3.63) is 66.2 Å². The van der Waals surface area contributed by atoms with Crippen LogP contribution in [0.2, 0.25) is 0 Å². The zero-order chi connectivity index (χ0) is 18.8. The van der Waals surface area contributed by atoms with E-state index in [9.17, 15) is 4.79 Å². The number of fused-ring (bicyclic) bond motifs is 1. The minimum Gasteiger partial charge on any atom is -0.496 e. The van der Waals surface area contributed by atoms with E-state index in [-0.39, 0.29) is 11.7 Å². The van der Waals surface area contributed by atoms with Crippen LogP contribution in [0.1, 0.15) is 35.2 Å². The number of ketones is 1. The fraction of sp³-hybridized carbons (Fsp3) is 0.200. The molecule has 0 aliphatic heterocycles. The smallest absolute Gasteiger partial charge is 0.175 e. The third kappa shape index (κ3) is 2.87. The number of hydrogen-bond acceptors (Lipinski definition) is 5. The monoisotopic (exact) mass is 361 g/mol. The summed E-state index contributed by atoms with van der Waals surface area (Å²) in [6.07, 6.45) is 7.36. The number of carbonyl (C=O) groups is 1. The van der Waals surface area contributed by atoms with Crippen molar-refractivity contribution in [2.45, 2.75) is 19.3 Å². The first-order chi connectivity index (χ1) is 13.2. The highest BCUT2D eigenvalue weighted by Crippen LogP contribution is 2.36. The van der Waals surface area contributed by atoms with Crippen LogP contribution < -0.4 is 4.74 Å². The number of nitrogens with zero attached hydrogens (tertiary/aromatic N) is 4. The number of aromatic nitrogens is 5. The molecule has 1 N–H and O–H groups in total. The molecule has 0 spiro atoms. The molecule has 7 nitrogen and oxygen atoms in total. The van der Waals surface area contributed by atoms with Crippen LogP contribution in [0.25, 0.3) is 16.9 Å². The predicted octanol–water partition coefficient (Wildman–Crippen LogP) is 3.50. The van der Waals surface area contributed by atoms with E-state index >= 15 is 0 Å². The molecule has 1 aromatic carbocycles. The Morgan fingerprint density at radius 2 is 2.11 bits per heavy atom. The summed E-state index contributed by atoms with van der Waals surface area (Å²) in [5.74, 6) is 0.338. The molecule has 136 valence electrons. The molecular weight excluding hydrogens is 342 g/mol. The molecule has 0 radical (unpaired) electrons. The quantitative estimate of drug-likeness (QED) is 0.531. The predicted molar refractivity (Wildman–Crippen MR) is 101 cm³/mol. The summed E-state index contributed by atoms with van der Waals surface area (Å²) < 4.78 is 7.08. The van der Waals surface area contributed by atoms with Gasteiger partial charge in [-0.1, -0.05) is 19.1 Å². The van der Waals surface area contributed by atoms with Gasteiger partial charge in [0, 0.05) is 23.5 Å². The highest BCUT2D eigenvalue weighted by atomic mass is 16.5. The van der Waals surface area contributed by atoms with Crippen LogP contribution in [0.15, 0.2) is 55.1 Å². The summed E-state index contributed by atoms with van der Waals surface area (Å²) in [7, 11) is 1.63. The first kappa shape index (κ1) is 17.0. The van der Waals surface area contributed by atoms with E-state index in [2.05, 4.69) is 20.3 Å². The van der Waals surface area contributed by atoms with Crippen LogP contribution in [0.3, 0.4) is 0 Å². The summed E-state index contributed by atoms with van der Waals surface area (Å²) in [6, 6.07) is 9.45. The van der Waals surface area contributed by atoms with Gasteiger partial charge in [0.1, 0.15) is 5.75 Å². The maximum absolute atomic E-state index is 13.3. The molecule has 1 unspecified atom stereocenters. The Hall–Kier alpha value is -3.48. The van der Waals surface area contributed by atoms with Crippen molar-refractivity contribution in [2.24, 2.45) is 0 Å². The number of aromatic amines is 1. The van der Waals surface area contributed by atoms with E-state index in [1.807, 2.05) is 31.2 Å². The Labute approximate surface area is 156 Å². The third-order valence-electron chi connectivity index (χ3n) is 4.69. The fourth-order valence-corrected chi connectivity index (χ4v) is 3.36. The van der Waals surface area contributed by atoms with E-state index in [0.717, 1.165) is 22.6 Å². The van der Waals surface area contributed by atoms with E-state index in [4.69, 9.17) is 4.74 Å². The first-order valence-electron chi connectivity index (χ1n) is 8.73. The van der Waals surface area contributed by atoms with E-state index in [1.54, 1.807) is 42.5 Å². The number of H-pyrrole nitrogens is 1. The molecule has 1 atom stereocenters. The number of methoxy groups -OCH3 is 1. The minimum atomic E-state index is -0.362. The maximum Gasteiger partial charge on any atom is 0.175 e. The molecule has 0 amide bonds. The second-order valence-corrected chi connectivity index (χ2v) is 6.17. The van der Waals surface area contributed by atoms with Gasteiger partial charge in [-0.05, 0) is 24.6 Å². The van der Waals surface area contributed by atoms with Gasteiger partial charge in [-0.2, -0.15) is 10.2 Å². The average molecular weight is 361 g/mol. The van der Waals surface area contributed by atoms with Crippen molar-refractivity contribution in [2.75, 3.05) is 7.11 Å². The molecule has 0 saturated carbocycles. The topological polar surface area (TPSA) is 85.2 Å². The van der Waals surface area contributed by atoms with E-state index < -0.39 is 0 Å². The van der Waals surface area contributed by atoms with Crippen molar-refractivity contribution < 1.29 is 9.53 Å². The molecule has 7 heteroatoms. The standard InChI is InChI=1S/C20H19N5O2/c1-3-13(19(26)16-12-23-25-10-6-9-21-20(16)25)15-11-22-24-18(15)14-7-4-5-8-17(14)27-2/h4-13H,3H2,1-2H3,(H,22,24). The number of ether oxygens (including phenoxy) is 1. The van der Waals surface area contributed by atoms with Gasteiger partial charge in [0.15, 0.2) is 11.4 Å². The normalized spacial score (nSPS) is 12.2. The van der Waals surface area contributed by atoms with Crippen molar-refractivity contribution in [1.29, 1.82) is 0 Å². The molecule has 0 fully saturated rings. The number of Topliss-reactive ketones (excluding diaryl/α,β-unsaturated/α-hetero) is 1.